The molecular formula is C13H25N. The first-order chi connectivity index (χ1) is 6.63. The molecule has 2 fully saturated rings. The molecule has 1 nitrogen and oxygen atoms in total. The van der Waals surface area contributed by atoms with Gasteiger partial charge < -0.3 is 5.73 Å². The van der Waals surface area contributed by atoms with E-state index in [-0.39, 0.29) is 5.54 Å². The quantitative estimate of drug-likeness (QED) is 0.682. The molecule has 2 aliphatic rings. The van der Waals surface area contributed by atoms with Crippen molar-refractivity contribution in [1.29, 1.82) is 0 Å². The van der Waals surface area contributed by atoms with Gasteiger partial charge in [0.05, 0.1) is 0 Å². The van der Waals surface area contributed by atoms with Crippen molar-refractivity contribution in [1.82, 2.24) is 0 Å². The third kappa shape index (κ3) is 1.71. The van der Waals surface area contributed by atoms with Gasteiger partial charge in [-0.1, -0.05) is 26.7 Å². The van der Waals surface area contributed by atoms with Crippen LogP contribution in [0.2, 0.25) is 0 Å². The molecule has 0 heterocycles. The molecule has 82 valence electrons. The van der Waals surface area contributed by atoms with Gasteiger partial charge in [0.15, 0.2) is 0 Å². The maximum Gasteiger partial charge on any atom is 0.0209 e. The maximum absolute atomic E-state index is 6.67. The highest BCUT2D eigenvalue weighted by Gasteiger charge is 2.43. The van der Waals surface area contributed by atoms with E-state index in [2.05, 4.69) is 13.8 Å². The Labute approximate surface area is 88.4 Å². The van der Waals surface area contributed by atoms with E-state index in [1.807, 2.05) is 0 Å². The average Bonchev–Trinajstić information content (AvgIpc) is 2.65. The van der Waals surface area contributed by atoms with E-state index in [1.165, 1.54) is 44.9 Å². The van der Waals surface area contributed by atoms with E-state index in [9.17, 15) is 0 Å². The molecule has 0 aromatic rings. The lowest BCUT2D eigenvalue weighted by molar-refractivity contribution is 0.103. The van der Waals surface area contributed by atoms with E-state index in [0.717, 1.165) is 17.8 Å². The van der Waals surface area contributed by atoms with Gasteiger partial charge in [-0.25, -0.2) is 0 Å². The van der Waals surface area contributed by atoms with Crippen LogP contribution >= 0.6 is 0 Å². The second kappa shape index (κ2) is 3.84. The van der Waals surface area contributed by atoms with Crippen molar-refractivity contribution in [3.05, 3.63) is 0 Å². The Hall–Kier alpha value is -0.0400. The highest BCUT2D eigenvalue weighted by Crippen LogP contribution is 2.45. The number of hydrogen-bond donors (Lipinski definition) is 1. The molecule has 0 radical (unpaired) electrons. The average molecular weight is 195 g/mol. The summed E-state index contributed by atoms with van der Waals surface area (Å²) in [6.45, 7) is 4.76. The monoisotopic (exact) mass is 195 g/mol. The van der Waals surface area contributed by atoms with Crippen LogP contribution in [0.1, 0.15) is 58.8 Å². The lowest BCUT2D eigenvalue weighted by atomic mass is 9.64. The van der Waals surface area contributed by atoms with Crippen LogP contribution in [-0.2, 0) is 0 Å². The van der Waals surface area contributed by atoms with Gasteiger partial charge in [0.25, 0.3) is 0 Å². The van der Waals surface area contributed by atoms with Crippen LogP contribution in [0, 0.1) is 17.8 Å². The zero-order valence-corrected chi connectivity index (χ0v) is 9.76. The first-order valence-electron chi connectivity index (χ1n) is 6.42. The Balaban J connectivity index is 2.05. The Morgan fingerprint density at radius 1 is 1.07 bits per heavy atom. The molecule has 3 atom stereocenters. The minimum Gasteiger partial charge on any atom is -0.325 e. The van der Waals surface area contributed by atoms with Crippen molar-refractivity contribution in [2.45, 2.75) is 64.3 Å². The third-order valence-corrected chi connectivity index (χ3v) is 4.86. The van der Waals surface area contributed by atoms with Gasteiger partial charge in [0.1, 0.15) is 0 Å². The molecule has 0 amide bonds. The molecule has 0 aliphatic heterocycles. The molecule has 14 heavy (non-hydrogen) atoms. The van der Waals surface area contributed by atoms with E-state index >= 15 is 0 Å². The van der Waals surface area contributed by atoms with Crippen LogP contribution in [-0.4, -0.2) is 5.54 Å². The van der Waals surface area contributed by atoms with Gasteiger partial charge >= 0.3 is 0 Å². The molecule has 0 aromatic carbocycles. The van der Waals surface area contributed by atoms with E-state index < -0.39 is 0 Å². The van der Waals surface area contributed by atoms with Crippen LogP contribution < -0.4 is 5.73 Å². The summed E-state index contributed by atoms with van der Waals surface area (Å²) in [5, 5.41) is 0. The highest BCUT2D eigenvalue weighted by atomic mass is 14.8. The third-order valence-electron chi connectivity index (χ3n) is 4.86. The predicted octanol–water partition coefficient (Wildman–Crippen LogP) is 3.33. The molecular weight excluding hydrogens is 170 g/mol. The second-order valence-corrected chi connectivity index (χ2v) is 5.87. The fourth-order valence-electron chi connectivity index (χ4n) is 3.75. The lowest BCUT2D eigenvalue weighted by Gasteiger charge is -2.46. The molecule has 2 rings (SSSR count). The highest BCUT2D eigenvalue weighted by molar-refractivity contribution is 5.00. The van der Waals surface area contributed by atoms with E-state index in [4.69, 9.17) is 5.73 Å². The fourth-order valence-corrected chi connectivity index (χ4v) is 3.75. The van der Waals surface area contributed by atoms with Gasteiger partial charge in [0.2, 0.25) is 0 Å². The van der Waals surface area contributed by atoms with Gasteiger partial charge in [-0.3, -0.25) is 0 Å². The van der Waals surface area contributed by atoms with Crippen molar-refractivity contribution in [2.24, 2.45) is 23.5 Å². The summed E-state index contributed by atoms with van der Waals surface area (Å²) < 4.78 is 0. The smallest absolute Gasteiger partial charge is 0.0209 e. The first-order valence-corrected chi connectivity index (χ1v) is 6.42. The fraction of sp³-hybridized carbons (Fsp3) is 1.00. The van der Waals surface area contributed by atoms with Crippen LogP contribution in [0.15, 0.2) is 0 Å². The minimum atomic E-state index is 0.197. The Kier molecular flexibility index (Phi) is 2.88. The maximum atomic E-state index is 6.67. The summed E-state index contributed by atoms with van der Waals surface area (Å²) in [5.41, 5.74) is 6.87. The van der Waals surface area contributed by atoms with Crippen molar-refractivity contribution in [3.63, 3.8) is 0 Å². The summed E-state index contributed by atoms with van der Waals surface area (Å²) in [5.74, 6) is 2.49. The molecule has 2 N–H and O–H groups in total. The Morgan fingerprint density at radius 3 is 2.29 bits per heavy atom. The van der Waals surface area contributed by atoms with Crippen LogP contribution in [0.5, 0.6) is 0 Å². The van der Waals surface area contributed by atoms with E-state index in [0.29, 0.717) is 0 Å². The van der Waals surface area contributed by atoms with Crippen molar-refractivity contribution in [3.8, 4) is 0 Å². The van der Waals surface area contributed by atoms with Crippen LogP contribution in [0.25, 0.3) is 0 Å². The number of nitrogens with two attached hydrogens (primary N) is 1. The van der Waals surface area contributed by atoms with Crippen molar-refractivity contribution < 1.29 is 0 Å². The molecule has 0 aromatic heterocycles. The van der Waals surface area contributed by atoms with Gasteiger partial charge in [0, 0.05) is 5.54 Å². The Morgan fingerprint density at radius 2 is 1.71 bits per heavy atom. The summed E-state index contributed by atoms with van der Waals surface area (Å²) >= 11 is 0. The van der Waals surface area contributed by atoms with E-state index in [1.54, 1.807) is 0 Å². The zero-order chi connectivity index (χ0) is 10.2. The molecule has 2 aliphatic carbocycles. The summed E-state index contributed by atoms with van der Waals surface area (Å²) in [6.07, 6.45) is 9.63. The van der Waals surface area contributed by atoms with Gasteiger partial charge in [-0.05, 0) is 49.9 Å². The zero-order valence-electron chi connectivity index (χ0n) is 9.76. The van der Waals surface area contributed by atoms with Gasteiger partial charge in [-0.15, -0.1) is 0 Å². The Bertz CT molecular complexity index is 195. The number of rotatable bonds is 1. The largest absolute Gasteiger partial charge is 0.325 e. The first kappa shape index (κ1) is 10.5. The minimum absolute atomic E-state index is 0.197. The second-order valence-electron chi connectivity index (χ2n) is 5.87. The summed E-state index contributed by atoms with van der Waals surface area (Å²) in [4.78, 5) is 0. The lowest BCUT2D eigenvalue weighted by Crippen LogP contribution is -2.54. The predicted molar refractivity (Wildman–Crippen MR) is 61.1 cm³/mol. The van der Waals surface area contributed by atoms with Crippen LogP contribution in [0.3, 0.4) is 0 Å². The van der Waals surface area contributed by atoms with Crippen LogP contribution in [0.4, 0.5) is 0 Å². The van der Waals surface area contributed by atoms with Crippen molar-refractivity contribution >= 4 is 0 Å². The molecule has 0 bridgehead atoms. The van der Waals surface area contributed by atoms with Crippen molar-refractivity contribution in [2.75, 3.05) is 0 Å². The normalized spacial score (nSPS) is 45.6. The standard InChI is InChI=1S/C13H25N/c1-10-7-8-13(14,11(2)9-10)12-5-3-4-6-12/h10-12H,3-9,14H2,1-2H3. The topological polar surface area (TPSA) is 26.0 Å². The molecule has 0 spiro atoms. The summed E-state index contributed by atoms with van der Waals surface area (Å²) in [7, 11) is 0. The SMILES string of the molecule is CC1CCC(N)(C2CCCC2)C(C)C1. The van der Waals surface area contributed by atoms with Gasteiger partial charge in [-0.2, -0.15) is 0 Å². The molecule has 3 unspecified atom stereocenters. The summed E-state index contributed by atoms with van der Waals surface area (Å²) in [6, 6.07) is 0. The molecule has 2 saturated carbocycles. The number of hydrogen-bond acceptors (Lipinski definition) is 1. The molecule has 0 saturated heterocycles. The molecule has 1 heteroatoms.